The van der Waals surface area contributed by atoms with E-state index in [-0.39, 0.29) is 0 Å². The molecule has 23 heavy (non-hydrogen) atoms. The largest absolute Gasteiger partial charge is 0.302 e. The molecule has 128 valence electrons. The van der Waals surface area contributed by atoms with Crippen LogP contribution in [-0.2, 0) is 6.54 Å². The quantitative estimate of drug-likeness (QED) is 0.463. The van der Waals surface area contributed by atoms with Crippen LogP contribution in [0.4, 0.5) is 0 Å². The van der Waals surface area contributed by atoms with Crippen molar-refractivity contribution in [1.29, 1.82) is 0 Å². The van der Waals surface area contributed by atoms with E-state index in [9.17, 15) is 0 Å². The van der Waals surface area contributed by atoms with Crippen LogP contribution in [-0.4, -0.2) is 18.5 Å². The summed E-state index contributed by atoms with van der Waals surface area (Å²) < 4.78 is 0. The Morgan fingerprint density at radius 2 is 1.78 bits per heavy atom. The predicted molar refractivity (Wildman–Crippen MR) is 104 cm³/mol. The van der Waals surface area contributed by atoms with Gasteiger partial charge in [-0.2, -0.15) is 0 Å². The van der Waals surface area contributed by atoms with Gasteiger partial charge < -0.3 is 4.90 Å². The van der Waals surface area contributed by atoms with E-state index in [1.165, 1.54) is 35.1 Å². The SMILES string of the molecule is C=C(CCN(C)Cc1ccccc1)C(CCC(C)C)=C(C)CC. The van der Waals surface area contributed by atoms with E-state index in [1.54, 1.807) is 0 Å². The van der Waals surface area contributed by atoms with E-state index in [2.05, 4.69) is 76.6 Å². The second-order valence-electron chi connectivity index (χ2n) is 7.12. The lowest BCUT2D eigenvalue weighted by molar-refractivity contribution is 0.331. The molecular formula is C22H35N. The minimum atomic E-state index is 0.753. The fraction of sp³-hybridized carbons (Fsp3) is 0.545. The van der Waals surface area contributed by atoms with Crippen LogP contribution >= 0.6 is 0 Å². The fourth-order valence-corrected chi connectivity index (χ4v) is 2.79. The molecule has 0 aliphatic rings. The number of hydrogen-bond donors (Lipinski definition) is 0. The normalized spacial score (nSPS) is 12.7. The van der Waals surface area contributed by atoms with Crippen molar-refractivity contribution >= 4 is 0 Å². The summed E-state index contributed by atoms with van der Waals surface area (Å²) in [5.41, 5.74) is 5.75. The van der Waals surface area contributed by atoms with Gasteiger partial charge in [0.2, 0.25) is 0 Å². The Balaban J connectivity index is 2.54. The van der Waals surface area contributed by atoms with Gasteiger partial charge in [-0.25, -0.2) is 0 Å². The molecule has 0 atom stereocenters. The highest BCUT2D eigenvalue weighted by Crippen LogP contribution is 2.25. The Morgan fingerprint density at radius 3 is 2.35 bits per heavy atom. The zero-order valence-electron chi connectivity index (χ0n) is 15.9. The topological polar surface area (TPSA) is 3.24 Å². The molecule has 0 amide bonds. The Kier molecular flexibility index (Phi) is 8.94. The minimum Gasteiger partial charge on any atom is -0.302 e. The molecule has 0 saturated carbocycles. The third-order valence-corrected chi connectivity index (χ3v) is 4.53. The number of nitrogens with zero attached hydrogens (tertiary/aromatic N) is 1. The van der Waals surface area contributed by atoms with Crippen molar-refractivity contribution < 1.29 is 0 Å². The molecule has 0 saturated heterocycles. The summed E-state index contributed by atoms with van der Waals surface area (Å²) in [6.07, 6.45) is 4.63. The predicted octanol–water partition coefficient (Wildman–Crippen LogP) is 6.23. The minimum absolute atomic E-state index is 0.753. The second kappa shape index (κ2) is 10.4. The van der Waals surface area contributed by atoms with E-state index in [0.29, 0.717) is 0 Å². The summed E-state index contributed by atoms with van der Waals surface area (Å²) >= 11 is 0. The van der Waals surface area contributed by atoms with Crippen LogP contribution in [0.15, 0.2) is 53.6 Å². The average Bonchev–Trinajstić information content (AvgIpc) is 2.53. The maximum absolute atomic E-state index is 4.40. The highest BCUT2D eigenvalue weighted by atomic mass is 15.1. The molecule has 0 radical (unpaired) electrons. The molecule has 0 aliphatic heterocycles. The van der Waals surface area contributed by atoms with Gasteiger partial charge in [-0.05, 0) is 56.7 Å². The Labute approximate surface area is 144 Å². The molecule has 1 rings (SSSR count). The lowest BCUT2D eigenvalue weighted by atomic mass is 9.91. The zero-order chi connectivity index (χ0) is 17.2. The lowest BCUT2D eigenvalue weighted by Crippen LogP contribution is -2.19. The van der Waals surface area contributed by atoms with Crippen molar-refractivity contribution in [3.8, 4) is 0 Å². The first-order valence-electron chi connectivity index (χ1n) is 9.03. The molecule has 0 aliphatic carbocycles. The van der Waals surface area contributed by atoms with Crippen LogP contribution in [0, 0.1) is 5.92 Å². The van der Waals surface area contributed by atoms with Gasteiger partial charge in [0, 0.05) is 13.1 Å². The van der Waals surface area contributed by atoms with Crippen LogP contribution in [0.5, 0.6) is 0 Å². The summed E-state index contributed by atoms with van der Waals surface area (Å²) in [4.78, 5) is 2.39. The molecule has 1 heteroatoms. The van der Waals surface area contributed by atoms with Crippen LogP contribution in [0.25, 0.3) is 0 Å². The molecule has 0 bridgehead atoms. The van der Waals surface area contributed by atoms with Crippen molar-refractivity contribution in [2.75, 3.05) is 13.6 Å². The molecule has 1 nitrogen and oxygen atoms in total. The highest BCUT2D eigenvalue weighted by molar-refractivity contribution is 5.32. The molecule has 0 heterocycles. The van der Waals surface area contributed by atoms with Crippen molar-refractivity contribution in [3.05, 3.63) is 59.2 Å². The highest BCUT2D eigenvalue weighted by Gasteiger charge is 2.09. The van der Waals surface area contributed by atoms with Crippen LogP contribution in [0.2, 0.25) is 0 Å². The van der Waals surface area contributed by atoms with E-state index in [1.807, 2.05) is 0 Å². The monoisotopic (exact) mass is 313 g/mol. The summed E-state index contributed by atoms with van der Waals surface area (Å²) in [5.74, 6) is 0.753. The fourth-order valence-electron chi connectivity index (χ4n) is 2.79. The first-order valence-corrected chi connectivity index (χ1v) is 9.03. The Morgan fingerprint density at radius 1 is 1.13 bits per heavy atom. The van der Waals surface area contributed by atoms with Crippen molar-refractivity contribution in [2.24, 2.45) is 5.92 Å². The van der Waals surface area contributed by atoms with Crippen molar-refractivity contribution in [1.82, 2.24) is 4.90 Å². The summed E-state index contributed by atoms with van der Waals surface area (Å²) in [6.45, 7) is 15.6. The van der Waals surface area contributed by atoms with Gasteiger partial charge in [0.15, 0.2) is 0 Å². The van der Waals surface area contributed by atoms with E-state index >= 15 is 0 Å². The molecule has 0 spiro atoms. The summed E-state index contributed by atoms with van der Waals surface area (Å²) in [7, 11) is 2.20. The first-order chi connectivity index (χ1) is 10.9. The molecule has 0 N–H and O–H groups in total. The van der Waals surface area contributed by atoms with Crippen molar-refractivity contribution in [2.45, 2.75) is 59.9 Å². The van der Waals surface area contributed by atoms with E-state index in [0.717, 1.165) is 31.8 Å². The van der Waals surface area contributed by atoms with Gasteiger partial charge in [0.1, 0.15) is 0 Å². The van der Waals surface area contributed by atoms with Crippen LogP contribution < -0.4 is 0 Å². The molecule has 0 fully saturated rings. The molecular weight excluding hydrogens is 278 g/mol. The zero-order valence-corrected chi connectivity index (χ0v) is 15.9. The Bertz CT molecular complexity index is 496. The number of rotatable bonds is 10. The third kappa shape index (κ3) is 7.65. The first kappa shape index (κ1) is 19.7. The van der Waals surface area contributed by atoms with E-state index < -0.39 is 0 Å². The molecule has 1 aromatic rings. The number of benzene rings is 1. The maximum atomic E-state index is 4.40. The summed E-state index contributed by atoms with van der Waals surface area (Å²) in [6, 6.07) is 10.7. The standard InChI is InChI=1S/C22H35N/c1-7-19(4)22(14-13-18(2)3)20(5)15-16-23(6)17-21-11-9-8-10-12-21/h8-12,18H,5,7,13-17H2,1-4,6H3. The maximum Gasteiger partial charge on any atom is 0.0230 e. The molecule has 0 unspecified atom stereocenters. The second-order valence-corrected chi connectivity index (χ2v) is 7.12. The molecule has 1 aromatic carbocycles. The van der Waals surface area contributed by atoms with Gasteiger partial charge in [0.05, 0.1) is 0 Å². The van der Waals surface area contributed by atoms with Gasteiger partial charge >= 0.3 is 0 Å². The van der Waals surface area contributed by atoms with Gasteiger partial charge in [-0.1, -0.05) is 68.8 Å². The Hall–Kier alpha value is -1.34. The average molecular weight is 314 g/mol. The lowest BCUT2D eigenvalue weighted by Gasteiger charge is -2.20. The van der Waals surface area contributed by atoms with Gasteiger partial charge in [0.25, 0.3) is 0 Å². The smallest absolute Gasteiger partial charge is 0.0230 e. The van der Waals surface area contributed by atoms with Crippen LogP contribution in [0.1, 0.15) is 58.9 Å². The van der Waals surface area contributed by atoms with Crippen molar-refractivity contribution in [3.63, 3.8) is 0 Å². The summed E-state index contributed by atoms with van der Waals surface area (Å²) in [5, 5.41) is 0. The number of hydrogen-bond acceptors (Lipinski definition) is 1. The molecule has 0 aromatic heterocycles. The van der Waals surface area contributed by atoms with Crippen LogP contribution in [0.3, 0.4) is 0 Å². The van der Waals surface area contributed by atoms with E-state index in [4.69, 9.17) is 0 Å². The van der Waals surface area contributed by atoms with Gasteiger partial charge in [-0.3, -0.25) is 0 Å². The van der Waals surface area contributed by atoms with Gasteiger partial charge in [-0.15, -0.1) is 0 Å². The third-order valence-electron chi connectivity index (χ3n) is 4.53. The number of allylic oxidation sites excluding steroid dienone is 2.